The molecule has 0 bridgehead atoms. The van der Waals surface area contributed by atoms with E-state index in [-0.39, 0.29) is 60.4 Å². The zero-order valence-electron chi connectivity index (χ0n) is 26.1. The average molecular weight is 573 g/mol. The number of carbonyl (C=O) groups is 2. The standard InChI is InChI=1S/C30H56N2O8/c1-27(2)13-21(33)14-28(3,4)31(27)17-23(35)19-39-25(37)11-9-10-12-26(38)40-20-24(36)18-32-29(5,6)15-22(34)16-30(32,7)8/h21-24,33-36H,9-20H2,1-8H3. The lowest BCUT2D eigenvalue weighted by molar-refractivity contribution is -0.151. The highest BCUT2D eigenvalue weighted by molar-refractivity contribution is 5.70. The van der Waals surface area contributed by atoms with Crippen molar-refractivity contribution in [1.82, 2.24) is 9.80 Å². The van der Waals surface area contributed by atoms with Gasteiger partial charge in [-0.05, 0) is 93.9 Å². The third kappa shape index (κ3) is 10.2. The lowest BCUT2D eigenvalue weighted by Crippen LogP contribution is -2.63. The van der Waals surface area contributed by atoms with Crippen LogP contribution in [0.5, 0.6) is 0 Å². The highest BCUT2D eigenvalue weighted by Crippen LogP contribution is 2.39. The number of aliphatic hydroxyl groups is 4. The number of unbranched alkanes of at least 4 members (excludes halogenated alkanes) is 1. The first-order chi connectivity index (χ1) is 18.2. The Morgan fingerprint density at radius 1 is 0.650 bits per heavy atom. The fourth-order valence-corrected chi connectivity index (χ4v) is 7.11. The van der Waals surface area contributed by atoms with Gasteiger partial charge >= 0.3 is 11.9 Å². The summed E-state index contributed by atoms with van der Waals surface area (Å²) in [4.78, 5) is 28.7. The van der Waals surface area contributed by atoms with Crippen LogP contribution in [0, 0.1) is 0 Å². The topological polar surface area (TPSA) is 140 Å². The van der Waals surface area contributed by atoms with Crippen molar-refractivity contribution in [2.75, 3.05) is 26.3 Å². The smallest absolute Gasteiger partial charge is 0.305 e. The van der Waals surface area contributed by atoms with E-state index in [0.717, 1.165) is 0 Å². The second-order valence-corrected chi connectivity index (χ2v) is 14.5. The number of aliphatic hydroxyl groups excluding tert-OH is 4. The lowest BCUT2D eigenvalue weighted by Gasteiger charge is -2.55. The van der Waals surface area contributed by atoms with Gasteiger partial charge in [0.1, 0.15) is 25.4 Å². The van der Waals surface area contributed by atoms with Gasteiger partial charge in [-0.2, -0.15) is 0 Å². The molecule has 0 aliphatic carbocycles. The lowest BCUT2D eigenvalue weighted by atomic mass is 9.78. The summed E-state index contributed by atoms with van der Waals surface area (Å²) < 4.78 is 10.5. The summed E-state index contributed by atoms with van der Waals surface area (Å²) in [5.74, 6) is -0.848. The predicted octanol–water partition coefficient (Wildman–Crippen LogP) is 2.38. The number of β-amino-alcohol motifs (C(OH)–C–C–N with tert-alkyl or cyclic N) is 2. The third-order valence-corrected chi connectivity index (χ3v) is 8.54. The van der Waals surface area contributed by atoms with Crippen molar-refractivity contribution in [3.8, 4) is 0 Å². The van der Waals surface area contributed by atoms with Crippen molar-refractivity contribution >= 4 is 11.9 Å². The second kappa shape index (κ2) is 13.8. The molecular formula is C30H56N2O8. The molecule has 0 amide bonds. The maximum atomic E-state index is 12.2. The van der Waals surface area contributed by atoms with Crippen LogP contribution >= 0.6 is 0 Å². The molecule has 2 aliphatic rings. The number of carbonyl (C=O) groups excluding carboxylic acids is 2. The van der Waals surface area contributed by atoms with Crippen molar-refractivity contribution in [3.05, 3.63) is 0 Å². The summed E-state index contributed by atoms with van der Waals surface area (Å²) in [6, 6.07) is 0. The number of hydrogen-bond acceptors (Lipinski definition) is 10. The van der Waals surface area contributed by atoms with Gasteiger partial charge in [0.15, 0.2) is 0 Å². The van der Waals surface area contributed by atoms with Crippen LogP contribution in [0.25, 0.3) is 0 Å². The van der Waals surface area contributed by atoms with Gasteiger partial charge in [0.05, 0.1) is 12.2 Å². The van der Waals surface area contributed by atoms with Crippen LogP contribution in [-0.2, 0) is 19.1 Å². The van der Waals surface area contributed by atoms with Crippen LogP contribution in [0.1, 0.15) is 107 Å². The van der Waals surface area contributed by atoms with E-state index in [4.69, 9.17) is 9.47 Å². The molecule has 2 rings (SSSR count). The number of hydrogen-bond donors (Lipinski definition) is 4. The molecule has 0 radical (unpaired) electrons. The summed E-state index contributed by atoms with van der Waals surface area (Å²) in [6.45, 7) is 16.8. The Balaban J connectivity index is 1.63. The molecular weight excluding hydrogens is 516 g/mol. The Kier molecular flexibility index (Phi) is 12.0. The van der Waals surface area contributed by atoms with E-state index in [1.54, 1.807) is 0 Å². The molecule has 4 N–H and O–H groups in total. The largest absolute Gasteiger partial charge is 0.463 e. The quantitative estimate of drug-likeness (QED) is 0.192. The first-order valence-corrected chi connectivity index (χ1v) is 14.8. The van der Waals surface area contributed by atoms with Crippen molar-refractivity contribution < 1.29 is 39.5 Å². The molecule has 40 heavy (non-hydrogen) atoms. The molecule has 10 heteroatoms. The summed E-state index contributed by atoms with van der Waals surface area (Å²) in [7, 11) is 0. The van der Waals surface area contributed by atoms with E-state index >= 15 is 0 Å². The van der Waals surface area contributed by atoms with Crippen LogP contribution in [0.15, 0.2) is 0 Å². The molecule has 0 spiro atoms. The van der Waals surface area contributed by atoms with Gasteiger partial charge in [-0.1, -0.05) is 0 Å². The number of nitrogens with zero attached hydrogens (tertiary/aromatic N) is 2. The van der Waals surface area contributed by atoms with E-state index in [2.05, 4.69) is 9.80 Å². The minimum absolute atomic E-state index is 0.104. The Bertz CT molecular complexity index is 740. The summed E-state index contributed by atoms with van der Waals surface area (Å²) in [5.41, 5.74) is -1.16. The molecule has 2 aliphatic heterocycles. The van der Waals surface area contributed by atoms with Gasteiger partial charge in [-0.3, -0.25) is 19.4 Å². The van der Waals surface area contributed by atoms with Gasteiger partial charge in [-0.25, -0.2) is 0 Å². The van der Waals surface area contributed by atoms with Crippen molar-refractivity contribution in [3.63, 3.8) is 0 Å². The van der Waals surface area contributed by atoms with Crippen LogP contribution in [0.2, 0.25) is 0 Å². The number of rotatable bonds is 13. The number of likely N-dealkylation sites (tertiary alicyclic amines) is 2. The third-order valence-electron chi connectivity index (χ3n) is 8.54. The monoisotopic (exact) mass is 572 g/mol. The Morgan fingerprint density at radius 3 is 1.20 bits per heavy atom. The van der Waals surface area contributed by atoms with E-state index in [1.807, 2.05) is 55.4 Å². The molecule has 2 fully saturated rings. The van der Waals surface area contributed by atoms with Crippen LogP contribution in [0.4, 0.5) is 0 Å². The molecule has 2 heterocycles. The minimum Gasteiger partial charge on any atom is -0.463 e. The highest BCUT2D eigenvalue weighted by Gasteiger charge is 2.46. The zero-order chi connectivity index (χ0) is 30.5. The van der Waals surface area contributed by atoms with Gasteiger partial charge in [0, 0.05) is 48.1 Å². The molecule has 2 unspecified atom stereocenters. The van der Waals surface area contributed by atoms with Crippen LogP contribution < -0.4 is 0 Å². The van der Waals surface area contributed by atoms with Crippen molar-refractivity contribution in [1.29, 1.82) is 0 Å². The fourth-order valence-electron chi connectivity index (χ4n) is 7.11. The van der Waals surface area contributed by atoms with Gasteiger partial charge in [-0.15, -0.1) is 0 Å². The first kappa shape index (κ1) is 34.9. The first-order valence-electron chi connectivity index (χ1n) is 14.8. The van der Waals surface area contributed by atoms with Gasteiger partial charge < -0.3 is 29.9 Å². The van der Waals surface area contributed by atoms with E-state index in [1.165, 1.54) is 0 Å². The summed E-state index contributed by atoms with van der Waals surface area (Å²) >= 11 is 0. The van der Waals surface area contributed by atoms with E-state index in [9.17, 15) is 30.0 Å². The zero-order valence-corrected chi connectivity index (χ0v) is 26.1. The fraction of sp³-hybridized carbons (Fsp3) is 0.933. The normalized spacial score (nSPS) is 24.8. The van der Waals surface area contributed by atoms with Gasteiger partial charge in [0.25, 0.3) is 0 Å². The highest BCUT2D eigenvalue weighted by atomic mass is 16.5. The average Bonchev–Trinajstić information content (AvgIpc) is 2.77. The Labute approximate surface area is 241 Å². The van der Waals surface area contributed by atoms with Gasteiger partial charge in [0.2, 0.25) is 0 Å². The predicted molar refractivity (Wildman–Crippen MR) is 153 cm³/mol. The van der Waals surface area contributed by atoms with Crippen LogP contribution in [0.3, 0.4) is 0 Å². The maximum Gasteiger partial charge on any atom is 0.305 e. The second-order valence-electron chi connectivity index (χ2n) is 14.5. The Hall–Kier alpha value is -1.30. The maximum absolute atomic E-state index is 12.2. The summed E-state index contributed by atoms with van der Waals surface area (Å²) in [5, 5.41) is 41.4. The minimum atomic E-state index is -0.842. The molecule has 0 aromatic rings. The molecule has 0 aromatic heterocycles. The van der Waals surface area contributed by atoms with E-state index in [0.29, 0.717) is 51.6 Å². The molecule has 0 aromatic carbocycles. The van der Waals surface area contributed by atoms with Crippen molar-refractivity contribution in [2.24, 2.45) is 0 Å². The number of esters is 2. The molecule has 2 saturated heterocycles. The number of ether oxygens (including phenoxy) is 2. The number of piperidine rings is 2. The molecule has 234 valence electrons. The van der Waals surface area contributed by atoms with E-state index < -0.39 is 24.1 Å². The van der Waals surface area contributed by atoms with Crippen LogP contribution in [-0.4, -0.2) is 115 Å². The molecule has 0 saturated carbocycles. The Morgan fingerprint density at radius 2 is 0.925 bits per heavy atom. The SMILES string of the molecule is CC1(C)CC(O)CC(C)(C)N1CC(O)COC(=O)CCCCC(=O)OCC(O)CN1C(C)(C)CC(O)CC1(C)C. The molecule has 2 atom stereocenters. The summed E-state index contributed by atoms with van der Waals surface area (Å²) in [6.07, 6.45) is 1.20. The molecule has 10 nitrogen and oxygen atoms in total. The van der Waals surface area contributed by atoms with Crippen molar-refractivity contribution in [2.45, 2.75) is 153 Å².